The van der Waals surface area contributed by atoms with Gasteiger partial charge in [0, 0.05) is 6.42 Å². The minimum atomic E-state index is -1.02. The minimum absolute atomic E-state index is 0.112. The highest BCUT2D eigenvalue weighted by molar-refractivity contribution is 7.80. The van der Waals surface area contributed by atoms with Crippen LogP contribution in [0.3, 0.4) is 0 Å². The van der Waals surface area contributed by atoms with Crippen LogP contribution >= 0.6 is 12.6 Å². The molecule has 0 spiro atoms. The second-order valence-electron chi connectivity index (χ2n) is 3.75. The molecule has 0 radical (unpaired) electrons. The van der Waals surface area contributed by atoms with E-state index in [-0.39, 0.29) is 11.8 Å². The molecule has 0 heterocycles. The molecule has 0 aromatic carbocycles. The second kappa shape index (κ2) is 8.21. The van der Waals surface area contributed by atoms with Crippen molar-refractivity contribution in [3.63, 3.8) is 0 Å². The molecule has 0 saturated carbocycles. The van der Waals surface area contributed by atoms with E-state index in [4.69, 9.17) is 5.11 Å². The molecule has 5 heteroatoms. The Morgan fingerprint density at radius 3 is 2.56 bits per heavy atom. The van der Waals surface area contributed by atoms with E-state index >= 15 is 0 Å². The predicted molar refractivity (Wildman–Crippen MR) is 66.6 cm³/mol. The maximum atomic E-state index is 11.4. The molecule has 16 heavy (non-hydrogen) atoms. The highest BCUT2D eigenvalue weighted by atomic mass is 32.1. The Morgan fingerprint density at radius 2 is 2.06 bits per heavy atom. The molecule has 2 unspecified atom stereocenters. The molecule has 92 valence electrons. The summed E-state index contributed by atoms with van der Waals surface area (Å²) < 4.78 is 0. The molecule has 0 saturated heterocycles. The van der Waals surface area contributed by atoms with Crippen LogP contribution in [0.2, 0.25) is 0 Å². The Morgan fingerprint density at radius 1 is 1.44 bits per heavy atom. The van der Waals surface area contributed by atoms with Gasteiger partial charge in [-0.1, -0.05) is 19.1 Å². The van der Waals surface area contributed by atoms with Crippen molar-refractivity contribution in [3.05, 3.63) is 12.2 Å². The maximum absolute atomic E-state index is 11.4. The quantitative estimate of drug-likeness (QED) is 0.470. The van der Waals surface area contributed by atoms with Gasteiger partial charge in [0.25, 0.3) is 0 Å². The Hall–Kier alpha value is -0.970. The number of aliphatic carboxylic acids is 1. The first-order chi connectivity index (χ1) is 7.47. The Bertz CT molecular complexity index is 266. The summed E-state index contributed by atoms with van der Waals surface area (Å²) in [6.45, 7) is 3.36. The second-order valence-corrected chi connectivity index (χ2v) is 4.20. The van der Waals surface area contributed by atoms with Crippen LogP contribution in [-0.2, 0) is 9.59 Å². The largest absolute Gasteiger partial charge is 0.480 e. The number of carboxylic acids is 1. The van der Waals surface area contributed by atoms with Crippen LogP contribution < -0.4 is 5.32 Å². The van der Waals surface area contributed by atoms with E-state index in [1.54, 1.807) is 0 Å². The van der Waals surface area contributed by atoms with E-state index in [0.29, 0.717) is 6.42 Å². The lowest BCUT2D eigenvalue weighted by Gasteiger charge is -2.10. The van der Waals surface area contributed by atoms with Gasteiger partial charge in [0.05, 0.1) is 0 Å². The van der Waals surface area contributed by atoms with Crippen LogP contribution in [0.1, 0.15) is 26.7 Å². The van der Waals surface area contributed by atoms with E-state index in [1.807, 2.05) is 19.1 Å². The lowest BCUT2D eigenvalue weighted by molar-refractivity contribution is -0.141. The van der Waals surface area contributed by atoms with Crippen molar-refractivity contribution in [1.29, 1.82) is 0 Å². The summed E-state index contributed by atoms with van der Waals surface area (Å²) in [6, 6.07) is -0.832. The third kappa shape index (κ3) is 7.34. The topological polar surface area (TPSA) is 66.4 Å². The zero-order valence-corrected chi connectivity index (χ0v) is 10.5. The van der Waals surface area contributed by atoms with Gasteiger partial charge in [-0.3, -0.25) is 9.59 Å². The summed E-state index contributed by atoms with van der Waals surface area (Å²) >= 11 is 4.06. The van der Waals surface area contributed by atoms with Crippen molar-refractivity contribution >= 4 is 24.5 Å². The molecule has 1 amide bonds. The molecule has 4 nitrogen and oxygen atoms in total. The van der Waals surface area contributed by atoms with Gasteiger partial charge in [-0.2, -0.15) is 12.6 Å². The monoisotopic (exact) mass is 245 g/mol. The normalized spacial score (nSPS) is 14.7. The van der Waals surface area contributed by atoms with Gasteiger partial charge in [0.2, 0.25) is 5.91 Å². The van der Waals surface area contributed by atoms with Crippen molar-refractivity contribution in [1.82, 2.24) is 5.32 Å². The van der Waals surface area contributed by atoms with E-state index in [9.17, 15) is 9.59 Å². The third-order valence-electron chi connectivity index (χ3n) is 2.02. The predicted octanol–water partition coefficient (Wildman–Crippen LogP) is 1.48. The molecular formula is C11H19NO3S. The van der Waals surface area contributed by atoms with Crippen LogP contribution in [0, 0.1) is 5.92 Å². The fourth-order valence-corrected chi connectivity index (χ4v) is 1.27. The molecule has 0 aromatic heterocycles. The van der Waals surface area contributed by atoms with Gasteiger partial charge in [0.1, 0.15) is 6.04 Å². The Kier molecular flexibility index (Phi) is 7.72. The molecule has 2 N–H and O–H groups in total. The number of nitrogens with one attached hydrogen (secondary N) is 1. The van der Waals surface area contributed by atoms with Gasteiger partial charge >= 0.3 is 5.97 Å². The number of amides is 1. The van der Waals surface area contributed by atoms with Crippen LogP contribution in [0.4, 0.5) is 0 Å². The molecule has 0 rings (SSSR count). The highest BCUT2D eigenvalue weighted by Gasteiger charge is 2.14. The zero-order valence-electron chi connectivity index (χ0n) is 9.64. The van der Waals surface area contributed by atoms with Gasteiger partial charge in [-0.25, -0.2) is 0 Å². The summed E-state index contributed by atoms with van der Waals surface area (Å²) in [7, 11) is 0. The van der Waals surface area contributed by atoms with Gasteiger partial charge in [-0.05, 0) is 25.0 Å². The average molecular weight is 245 g/mol. The average Bonchev–Trinajstić information content (AvgIpc) is 2.17. The molecule has 0 aliphatic carbocycles. The Labute approximate surface area is 102 Å². The fourth-order valence-electron chi connectivity index (χ4n) is 1.13. The third-order valence-corrected chi connectivity index (χ3v) is 2.27. The van der Waals surface area contributed by atoms with Crippen molar-refractivity contribution < 1.29 is 14.7 Å². The highest BCUT2D eigenvalue weighted by Crippen LogP contribution is 2.04. The number of carbonyl (C=O) groups excluding carboxylic acids is 1. The first-order valence-electron chi connectivity index (χ1n) is 5.27. The number of carboxylic acid groups (broad SMARTS) is 1. The van der Waals surface area contributed by atoms with Crippen molar-refractivity contribution in [3.8, 4) is 0 Å². The SMILES string of the molecule is CC(/C=C/CCS)CC(=O)NC(C)C(=O)O. The van der Waals surface area contributed by atoms with Gasteiger partial charge in [-0.15, -0.1) is 0 Å². The summed E-state index contributed by atoms with van der Waals surface area (Å²) in [5, 5.41) is 11.0. The zero-order chi connectivity index (χ0) is 12.6. The van der Waals surface area contributed by atoms with Gasteiger partial charge in [0.15, 0.2) is 0 Å². The number of carbonyl (C=O) groups is 2. The molecule has 0 aliphatic rings. The van der Waals surface area contributed by atoms with E-state index in [2.05, 4.69) is 17.9 Å². The molecule has 0 bridgehead atoms. The smallest absolute Gasteiger partial charge is 0.325 e. The number of allylic oxidation sites excluding steroid dienone is 2. The molecule has 0 aromatic rings. The molecular weight excluding hydrogens is 226 g/mol. The number of rotatable bonds is 7. The first kappa shape index (κ1) is 15.0. The molecule has 0 fully saturated rings. The summed E-state index contributed by atoms with van der Waals surface area (Å²) in [5.41, 5.74) is 0. The number of thiol groups is 1. The van der Waals surface area contributed by atoms with E-state index < -0.39 is 12.0 Å². The van der Waals surface area contributed by atoms with E-state index in [0.717, 1.165) is 12.2 Å². The number of hydrogen-bond acceptors (Lipinski definition) is 3. The maximum Gasteiger partial charge on any atom is 0.325 e. The lowest BCUT2D eigenvalue weighted by Crippen LogP contribution is -2.38. The summed E-state index contributed by atoms with van der Waals surface area (Å²) in [4.78, 5) is 21.9. The Balaban J connectivity index is 3.91. The summed E-state index contributed by atoms with van der Waals surface area (Å²) in [5.74, 6) is -0.365. The first-order valence-corrected chi connectivity index (χ1v) is 5.90. The van der Waals surface area contributed by atoms with Crippen LogP contribution in [-0.4, -0.2) is 28.8 Å². The molecule has 0 aliphatic heterocycles. The lowest BCUT2D eigenvalue weighted by atomic mass is 10.1. The van der Waals surface area contributed by atoms with Crippen molar-refractivity contribution in [2.75, 3.05) is 5.75 Å². The standard InChI is InChI=1S/C11H19NO3S/c1-8(5-3-4-6-16)7-10(13)12-9(2)11(14)15/h3,5,8-9,16H,4,6-7H2,1-2H3,(H,12,13)(H,14,15)/b5-3+. The van der Waals surface area contributed by atoms with E-state index in [1.165, 1.54) is 6.92 Å². The van der Waals surface area contributed by atoms with Crippen molar-refractivity contribution in [2.24, 2.45) is 5.92 Å². The minimum Gasteiger partial charge on any atom is -0.480 e. The summed E-state index contributed by atoms with van der Waals surface area (Å²) in [6.07, 6.45) is 5.11. The van der Waals surface area contributed by atoms with Crippen molar-refractivity contribution in [2.45, 2.75) is 32.7 Å². The number of hydrogen-bond donors (Lipinski definition) is 3. The van der Waals surface area contributed by atoms with Gasteiger partial charge < -0.3 is 10.4 Å². The van der Waals surface area contributed by atoms with Crippen LogP contribution in [0.5, 0.6) is 0 Å². The fraction of sp³-hybridized carbons (Fsp3) is 0.636. The van der Waals surface area contributed by atoms with Crippen LogP contribution in [0.25, 0.3) is 0 Å². The molecule has 2 atom stereocenters. The van der Waals surface area contributed by atoms with Crippen LogP contribution in [0.15, 0.2) is 12.2 Å².